The van der Waals surface area contributed by atoms with Crippen LogP contribution in [-0.4, -0.2) is 74.0 Å². The molecule has 0 radical (unpaired) electrons. The highest BCUT2D eigenvalue weighted by Crippen LogP contribution is 2.33. The normalized spacial score (nSPS) is 26.7. The summed E-state index contributed by atoms with van der Waals surface area (Å²) < 4.78 is 0. The number of hydrazone groups is 1. The van der Waals surface area contributed by atoms with Crippen molar-refractivity contribution < 1.29 is 4.79 Å². The van der Waals surface area contributed by atoms with Crippen LogP contribution in [-0.2, 0) is 4.79 Å². The van der Waals surface area contributed by atoms with E-state index in [-0.39, 0.29) is 24.3 Å². The van der Waals surface area contributed by atoms with Gasteiger partial charge in [0.1, 0.15) is 12.5 Å². The largest absolute Gasteiger partial charge is 0.369 e. The van der Waals surface area contributed by atoms with Crippen LogP contribution in [0.1, 0.15) is 0 Å². The Labute approximate surface area is 209 Å². The summed E-state index contributed by atoms with van der Waals surface area (Å²) in [4.78, 5) is 19.8. The first-order valence-corrected chi connectivity index (χ1v) is 12.2. The molecule has 0 saturated carbocycles. The summed E-state index contributed by atoms with van der Waals surface area (Å²) in [6.07, 6.45) is -0.535. The number of carbonyl (C=O) groups is 1. The van der Waals surface area contributed by atoms with Gasteiger partial charge in [0.2, 0.25) is 11.9 Å². The zero-order valence-electron chi connectivity index (χ0n) is 19.4. The van der Waals surface area contributed by atoms with Crippen molar-refractivity contribution in [1.29, 1.82) is 0 Å². The molecule has 3 unspecified atom stereocenters. The predicted molar refractivity (Wildman–Crippen MR) is 136 cm³/mol. The van der Waals surface area contributed by atoms with Crippen LogP contribution >= 0.6 is 11.6 Å². The molecule has 5 N–H and O–H groups in total. The van der Waals surface area contributed by atoms with E-state index in [1.807, 2.05) is 23.2 Å². The molecule has 0 spiro atoms. The lowest BCUT2D eigenvalue weighted by atomic mass is 9.98. The van der Waals surface area contributed by atoms with Crippen molar-refractivity contribution in [3.8, 4) is 0 Å². The first-order valence-electron chi connectivity index (χ1n) is 11.8. The third-order valence-corrected chi connectivity index (χ3v) is 7.28. The molecule has 4 aliphatic heterocycles. The second kappa shape index (κ2) is 9.17. The van der Waals surface area contributed by atoms with E-state index in [0.717, 1.165) is 31.9 Å². The number of fused-ring (bicyclic) bond motifs is 3. The second-order valence-electron chi connectivity index (χ2n) is 9.17. The minimum atomic E-state index is -0.352. The van der Waals surface area contributed by atoms with Crippen LogP contribution in [0.2, 0.25) is 5.02 Å². The molecule has 1 amide bonds. The fourth-order valence-electron chi connectivity index (χ4n) is 4.98. The molecule has 0 bridgehead atoms. The topological polar surface area (TPSA) is 103 Å². The van der Waals surface area contributed by atoms with Gasteiger partial charge in [-0.05, 0) is 43.4 Å². The lowest BCUT2D eigenvalue weighted by Gasteiger charge is -2.48. The Morgan fingerprint density at radius 3 is 2.60 bits per heavy atom. The number of hydrogen-bond acceptors (Lipinski definition) is 10. The van der Waals surface area contributed by atoms with Crippen LogP contribution in [0.3, 0.4) is 0 Å². The summed E-state index contributed by atoms with van der Waals surface area (Å²) in [5.74, 6) is 0.0305. The molecule has 4 heterocycles. The summed E-state index contributed by atoms with van der Waals surface area (Å²) in [5, 5.41) is 17.0. The van der Waals surface area contributed by atoms with Crippen molar-refractivity contribution in [2.75, 3.05) is 54.9 Å². The van der Waals surface area contributed by atoms with Gasteiger partial charge in [0, 0.05) is 44.1 Å². The monoisotopic (exact) mass is 496 g/mol. The molecule has 3 atom stereocenters. The molecule has 35 heavy (non-hydrogen) atoms. The molecular formula is C23H29ClN10O. The number of likely N-dealkylation sites (N-methyl/N-ethyl adjacent to an activating group) is 1. The molecule has 0 aromatic heterocycles. The van der Waals surface area contributed by atoms with Crippen LogP contribution in [0.4, 0.5) is 17.1 Å². The van der Waals surface area contributed by atoms with E-state index in [0.29, 0.717) is 23.2 Å². The lowest BCUT2D eigenvalue weighted by Crippen LogP contribution is -2.76. The zero-order valence-corrected chi connectivity index (χ0v) is 20.2. The molecule has 3 fully saturated rings. The van der Waals surface area contributed by atoms with Crippen molar-refractivity contribution in [3.63, 3.8) is 0 Å². The average Bonchev–Trinajstić information content (AvgIpc) is 3.36. The predicted octanol–water partition coefficient (Wildman–Crippen LogP) is 0.565. The molecule has 3 saturated heterocycles. The number of amides is 1. The fourth-order valence-corrected chi connectivity index (χ4v) is 5.20. The molecule has 6 rings (SSSR count). The Bertz CT molecular complexity index is 1120. The van der Waals surface area contributed by atoms with Gasteiger partial charge in [-0.2, -0.15) is 0 Å². The van der Waals surface area contributed by atoms with Gasteiger partial charge in [-0.25, -0.2) is 15.4 Å². The van der Waals surface area contributed by atoms with Gasteiger partial charge >= 0.3 is 0 Å². The SMILES string of the molecule is CN1CCN(c2ccc(NC3NCC4C(=O)N(c5ccccc5Cl)C5=NNNN5C4N3)cc2)CC1. The van der Waals surface area contributed by atoms with E-state index in [4.69, 9.17) is 11.6 Å². The van der Waals surface area contributed by atoms with Gasteiger partial charge in [-0.15, -0.1) is 10.6 Å². The highest BCUT2D eigenvalue weighted by Gasteiger charge is 2.50. The summed E-state index contributed by atoms with van der Waals surface area (Å²) in [7, 11) is 2.16. The second-order valence-corrected chi connectivity index (χ2v) is 9.58. The smallest absolute Gasteiger partial charge is 0.249 e. The number of hydrazine groups is 2. The minimum Gasteiger partial charge on any atom is -0.369 e. The third-order valence-electron chi connectivity index (χ3n) is 6.96. The lowest BCUT2D eigenvalue weighted by molar-refractivity contribution is -0.127. The highest BCUT2D eigenvalue weighted by atomic mass is 35.5. The molecule has 184 valence electrons. The van der Waals surface area contributed by atoms with Gasteiger partial charge in [0.05, 0.1) is 16.6 Å². The Morgan fingerprint density at radius 2 is 1.83 bits per heavy atom. The standard InChI is InChI=1S/C23H29ClN10O/c1-31-10-12-32(13-11-31)16-8-6-15(7-9-16)26-22-25-14-17-20(27-22)34-23(28-29-30-34)33(21(17)35)19-5-3-2-4-18(19)24/h2-9,17,20,22,25-27,29-30H,10-14H2,1H3. The summed E-state index contributed by atoms with van der Waals surface area (Å²) >= 11 is 6.41. The number of nitrogens with one attached hydrogen (secondary N) is 5. The van der Waals surface area contributed by atoms with Crippen molar-refractivity contribution in [1.82, 2.24) is 31.6 Å². The first kappa shape index (κ1) is 22.4. The van der Waals surface area contributed by atoms with Crippen LogP contribution in [0.25, 0.3) is 0 Å². The zero-order chi connectivity index (χ0) is 23.9. The maximum Gasteiger partial charge on any atom is 0.249 e. The fraction of sp³-hybridized carbons (Fsp3) is 0.391. The van der Waals surface area contributed by atoms with Crippen molar-refractivity contribution >= 4 is 40.5 Å². The maximum atomic E-state index is 13.5. The van der Waals surface area contributed by atoms with Crippen molar-refractivity contribution in [3.05, 3.63) is 53.6 Å². The third kappa shape index (κ3) is 4.15. The van der Waals surface area contributed by atoms with Gasteiger partial charge in [-0.3, -0.25) is 15.4 Å². The maximum absolute atomic E-state index is 13.5. The van der Waals surface area contributed by atoms with Gasteiger partial charge in [0.25, 0.3) is 0 Å². The number of carbonyl (C=O) groups excluding carboxylic acids is 1. The molecule has 2 aromatic carbocycles. The van der Waals surface area contributed by atoms with Crippen molar-refractivity contribution in [2.45, 2.75) is 12.5 Å². The Kier molecular flexibility index (Phi) is 5.86. The molecule has 2 aromatic rings. The summed E-state index contributed by atoms with van der Waals surface area (Å²) in [5.41, 5.74) is 8.66. The van der Waals surface area contributed by atoms with E-state index in [1.54, 1.807) is 11.0 Å². The number of guanidine groups is 1. The van der Waals surface area contributed by atoms with Crippen LogP contribution in [0, 0.1) is 5.92 Å². The quantitative estimate of drug-likeness (QED) is 0.415. The number of rotatable bonds is 4. The minimum absolute atomic E-state index is 0.0708. The van der Waals surface area contributed by atoms with Gasteiger partial charge in [0.15, 0.2) is 0 Å². The Balaban J connectivity index is 1.15. The summed E-state index contributed by atoms with van der Waals surface area (Å²) in [6.45, 7) is 4.72. The van der Waals surface area contributed by atoms with Crippen LogP contribution in [0.5, 0.6) is 0 Å². The number of halogens is 1. The Morgan fingerprint density at radius 1 is 1.06 bits per heavy atom. The number of piperazine rings is 1. The van der Waals surface area contributed by atoms with E-state index < -0.39 is 0 Å². The molecular weight excluding hydrogens is 468 g/mol. The van der Waals surface area contributed by atoms with E-state index in [1.165, 1.54) is 5.69 Å². The van der Waals surface area contributed by atoms with Crippen molar-refractivity contribution in [2.24, 2.45) is 11.0 Å². The van der Waals surface area contributed by atoms with E-state index in [9.17, 15) is 4.79 Å². The molecule has 11 nitrogen and oxygen atoms in total. The Hall–Kier alpha value is -3.09. The number of benzene rings is 2. The number of para-hydroxylation sites is 1. The molecule has 12 heteroatoms. The summed E-state index contributed by atoms with van der Waals surface area (Å²) in [6, 6.07) is 15.8. The van der Waals surface area contributed by atoms with Gasteiger partial charge < -0.3 is 15.1 Å². The van der Waals surface area contributed by atoms with Crippen LogP contribution < -0.4 is 36.8 Å². The number of hydrogen-bond donors (Lipinski definition) is 5. The highest BCUT2D eigenvalue weighted by molar-refractivity contribution is 6.35. The van der Waals surface area contributed by atoms with Crippen LogP contribution in [0.15, 0.2) is 53.6 Å². The number of nitrogens with zero attached hydrogens (tertiary/aromatic N) is 5. The molecule has 4 aliphatic rings. The van der Waals surface area contributed by atoms with Gasteiger partial charge in [-0.1, -0.05) is 23.7 Å². The molecule has 0 aliphatic carbocycles. The number of anilines is 3. The first-order chi connectivity index (χ1) is 17.1. The average molecular weight is 497 g/mol. The van der Waals surface area contributed by atoms with E-state index in [2.05, 4.69) is 73.2 Å². The van der Waals surface area contributed by atoms with E-state index >= 15 is 0 Å².